The number of likely N-dealkylation sites (tertiary alicyclic amines) is 1. The molecular weight excluding hydrogens is 492 g/mol. The van der Waals surface area contributed by atoms with Crippen LogP contribution in [-0.4, -0.2) is 79.8 Å². The SMILES string of the molecule is CC(C)CCN1C(=O)C(CC(=O)N2CCC(N3Cc4ccccc4NC3=O)CC2)SC12CCSCC2. The van der Waals surface area contributed by atoms with Crippen LogP contribution in [0.2, 0.25) is 0 Å². The molecule has 0 aromatic heterocycles. The number of urea groups is 1. The average Bonchev–Trinajstić information content (AvgIpc) is 3.12. The summed E-state index contributed by atoms with van der Waals surface area (Å²) in [6.45, 7) is 7.09. The molecule has 5 rings (SSSR count). The van der Waals surface area contributed by atoms with Crippen LogP contribution in [0.5, 0.6) is 0 Å². The van der Waals surface area contributed by atoms with E-state index >= 15 is 0 Å². The Morgan fingerprint density at radius 3 is 2.58 bits per heavy atom. The fourth-order valence-electron chi connectivity index (χ4n) is 5.89. The highest BCUT2D eigenvalue weighted by atomic mass is 32.2. The second-order valence-electron chi connectivity index (χ2n) is 10.9. The van der Waals surface area contributed by atoms with E-state index in [9.17, 15) is 14.4 Å². The Kier molecular flexibility index (Phi) is 7.77. The van der Waals surface area contributed by atoms with Gasteiger partial charge in [0.05, 0.1) is 10.1 Å². The van der Waals surface area contributed by atoms with Crippen molar-refractivity contribution >= 4 is 47.1 Å². The molecule has 36 heavy (non-hydrogen) atoms. The van der Waals surface area contributed by atoms with Crippen molar-refractivity contribution in [2.24, 2.45) is 5.92 Å². The van der Waals surface area contributed by atoms with Crippen molar-refractivity contribution in [1.29, 1.82) is 0 Å². The van der Waals surface area contributed by atoms with E-state index in [1.165, 1.54) is 0 Å². The first-order chi connectivity index (χ1) is 17.4. The van der Waals surface area contributed by atoms with Crippen LogP contribution in [0.3, 0.4) is 0 Å². The van der Waals surface area contributed by atoms with Crippen LogP contribution in [0.15, 0.2) is 24.3 Å². The topological polar surface area (TPSA) is 73.0 Å². The number of anilines is 1. The highest BCUT2D eigenvalue weighted by Crippen LogP contribution is 2.50. The Labute approximate surface area is 223 Å². The van der Waals surface area contributed by atoms with Crippen LogP contribution in [0.25, 0.3) is 0 Å². The molecule has 9 heteroatoms. The fourth-order valence-corrected chi connectivity index (χ4v) is 9.05. The van der Waals surface area contributed by atoms with Crippen LogP contribution >= 0.6 is 23.5 Å². The lowest BCUT2D eigenvalue weighted by Crippen LogP contribution is -2.51. The quantitative estimate of drug-likeness (QED) is 0.581. The predicted octanol–water partition coefficient (Wildman–Crippen LogP) is 4.63. The summed E-state index contributed by atoms with van der Waals surface area (Å²) in [7, 11) is 0. The van der Waals surface area contributed by atoms with Gasteiger partial charge in [-0.05, 0) is 61.2 Å². The Balaban J connectivity index is 1.17. The number of fused-ring (bicyclic) bond motifs is 1. The van der Waals surface area contributed by atoms with Crippen molar-refractivity contribution in [3.63, 3.8) is 0 Å². The van der Waals surface area contributed by atoms with Gasteiger partial charge in [0.1, 0.15) is 0 Å². The lowest BCUT2D eigenvalue weighted by molar-refractivity contribution is -0.138. The number of rotatable bonds is 6. The molecule has 4 heterocycles. The summed E-state index contributed by atoms with van der Waals surface area (Å²) in [5, 5.41) is 2.74. The summed E-state index contributed by atoms with van der Waals surface area (Å²) in [6.07, 6.45) is 4.87. The number of para-hydroxylation sites is 1. The van der Waals surface area contributed by atoms with E-state index in [-0.39, 0.29) is 34.0 Å². The zero-order valence-electron chi connectivity index (χ0n) is 21.4. The molecule has 1 atom stereocenters. The Bertz CT molecular complexity index is 989. The molecule has 4 amide bonds. The third-order valence-corrected chi connectivity index (χ3v) is 10.8. The molecule has 0 aliphatic carbocycles. The van der Waals surface area contributed by atoms with Crippen LogP contribution in [0.1, 0.15) is 57.9 Å². The molecule has 1 spiro atoms. The number of benzene rings is 1. The summed E-state index contributed by atoms with van der Waals surface area (Å²) < 4.78 is 0. The summed E-state index contributed by atoms with van der Waals surface area (Å²) in [5.41, 5.74) is 2.02. The minimum atomic E-state index is -0.269. The molecule has 1 N–H and O–H groups in total. The van der Waals surface area contributed by atoms with Crippen molar-refractivity contribution in [1.82, 2.24) is 14.7 Å². The zero-order chi connectivity index (χ0) is 25.3. The zero-order valence-corrected chi connectivity index (χ0v) is 23.0. The van der Waals surface area contributed by atoms with Gasteiger partial charge in [-0.15, -0.1) is 11.8 Å². The second kappa shape index (κ2) is 10.9. The van der Waals surface area contributed by atoms with E-state index < -0.39 is 0 Å². The van der Waals surface area contributed by atoms with E-state index in [1.54, 1.807) is 11.8 Å². The largest absolute Gasteiger partial charge is 0.342 e. The number of piperidine rings is 1. The van der Waals surface area contributed by atoms with E-state index in [0.29, 0.717) is 32.0 Å². The molecule has 3 fully saturated rings. The maximum atomic E-state index is 13.5. The van der Waals surface area contributed by atoms with Gasteiger partial charge in [0.15, 0.2) is 0 Å². The van der Waals surface area contributed by atoms with E-state index in [2.05, 4.69) is 30.1 Å². The molecule has 3 saturated heterocycles. The van der Waals surface area contributed by atoms with Crippen LogP contribution < -0.4 is 5.32 Å². The summed E-state index contributed by atoms with van der Waals surface area (Å²) >= 11 is 3.74. The molecule has 0 saturated carbocycles. The average molecular weight is 531 g/mol. The van der Waals surface area contributed by atoms with Crippen molar-refractivity contribution in [2.45, 2.75) is 75.1 Å². The number of carbonyl (C=O) groups excluding carboxylic acids is 3. The van der Waals surface area contributed by atoms with Gasteiger partial charge in [-0.3, -0.25) is 9.59 Å². The third-order valence-electron chi connectivity index (χ3n) is 8.08. The van der Waals surface area contributed by atoms with Gasteiger partial charge in [-0.2, -0.15) is 11.8 Å². The maximum Gasteiger partial charge on any atom is 0.322 e. The van der Waals surface area contributed by atoms with Crippen LogP contribution in [0.4, 0.5) is 10.5 Å². The van der Waals surface area contributed by atoms with Gasteiger partial charge in [0.2, 0.25) is 11.8 Å². The van der Waals surface area contributed by atoms with Gasteiger partial charge in [0, 0.05) is 44.3 Å². The summed E-state index contributed by atoms with van der Waals surface area (Å²) in [4.78, 5) is 45.3. The molecule has 1 unspecified atom stereocenters. The van der Waals surface area contributed by atoms with Gasteiger partial charge in [-0.25, -0.2) is 4.79 Å². The molecule has 0 bridgehead atoms. The lowest BCUT2D eigenvalue weighted by Gasteiger charge is -2.41. The summed E-state index contributed by atoms with van der Waals surface area (Å²) in [5.74, 6) is 2.97. The van der Waals surface area contributed by atoms with E-state index in [1.807, 2.05) is 39.8 Å². The number of nitrogens with one attached hydrogen (secondary N) is 1. The van der Waals surface area contributed by atoms with Gasteiger partial charge in [0.25, 0.3) is 0 Å². The second-order valence-corrected chi connectivity index (χ2v) is 13.7. The number of carbonyl (C=O) groups is 3. The predicted molar refractivity (Wildman–Crippen MR) is 147 cm³/mol. The lowest BCUT2D eigenvalue weighted by atomic mass is 10.0. The number of hydrogen-bond acceptors (Lipinski definition) is 5. The maximum absolute atomic E-state index is 13.5. The molecule has 7 nitrogen and oxygen atoms in total. The van der Waals surface area contributed by atoms with Crippen LogP contribution in [0, 0.1) is 5.92 Å². The first kappa shape index (κ1) is 25.8. The fraction of sp³-hybridized carbons (Fsp3) is 0.667. The van der Waals surface area contributed by atoms with Crippen molar-refractivity contribution in [3.05, 3.63) is 29.8 Å². The molecule has 4 aliphatic rings. The number of thioether (sulfide) groups is 2. The molecular formula is C27H38N4O3S2. The number of nitrogens with zero attached hydrogens (tertiary/aromatic N) is 3. The molecule has 4 aliphatic heterocycles. The Morgan fingerprint density at radius 2 is 1.86 bits per heavy atom. The summed E-state index contributed by atoms with van der Waals surface area (Å²) in [6, 6.07) is 8.00. The van der Waals surface area contributed by atoms with Gasteiger partial charge < -0.3 is 20.0 Å². The normalized spacial score (nSPS) is 24.4. The minimum Gasteiger partial charge on any atom is -0.342 e. The number of amides is 4. The van der Waals surface area contributed by atoms with Gasteiger partial charge >= 0.3 is 6.03 Å². The molecule has 1 aromatic rings. The smallest absolute Gasteiger partial charge is 0.322 e. The standard InChI is InChI=1S/C27H38N4O3S2/c1-19(2)7-14-31-25(33)23(36-27(31)10-15-35-16-11-27)17-24(32)29-12-8-21(9-13-29)30-18-20-5-3-4-6-22(20)28-26(30)34/h3-6,19,21,23H,7-18H2,1-2H3,(H,28,34). The highest BCUT2D eigenvalue weighted by molar-refractivity contribution is 8.03. The molecule has 1 aromatic carbocycles. The first-order valence-corrected chi connectivity index (χ1v) is 15.4. The number of hydrogen-bond donors (Lipinski definition) is 1. The van der Waals surface area contributed by atoms with E-state index in [4.69, 9.17) is 0 Å². The van der Waals surface area contributed by atoms with Crippen molar-refractivity contribution < 1.29 is 14.4 Å². The highest BCUT2D eigenvalue weighted by Gasteiger charge is 2.52. The van der Waals surface area contributed by atoms with Crippen LogP contribution in [-0.2, 0) is 16.1 Å². The van der Waals surface area contributed by atoms with Gasteiger partial charge in [-0.1, -0.05) is 32.0 Å². The third kappa shape index (κ3) is 5.23. The minimum absolute atomic E-state index is 0.0520. The monoisotopic (exact) mass is 530 g/mol. The Morgan fingerprint density at radius 1 is 1.14 bits per heavy atom. The molecule has 0 radical (unpaired) electrons. The first-order valence-electron chi connectivity index (χ1n) is 13.4. The van der Waals surface area contributed by atoms with Crippen molar-refractivity contribution in [2.75, 3.05) is 36.5 Å². The van der Waals surface area contributed by atoms with E-state index in [0.717, 1.165) is 61.4 Å². The molecule has 196 valence electrons. The Hall–Kier alpha value is -1.87. The van der Waals surface area contributed by atoms with Crippen molar-refractivity contribution in [3.8, 4) is 0 Å².